The average molecular weight is 378 g/mol. The van der Waals surface area contributed by atoms with E-state index >= 15 is 0 Å². The number of carbonyl (C=O) groups is 1. The standard InChI is InChI=1S/C16H27N5O.2ClH/c1-16(17)6-4-3-5-14(16)15(22)21-9-7-20(8-10-21)13-11-18-19(2)12-13;;/h11-12,14H,3-10,17H2,1-2H3;2*1H. The summed E-state index contributed by atoms with van der Waals surface area (Å²) in [6.07, 6.45) is 8.07. The topological polar surface area (TPSA) is 67.4 Å². The Balaban J connectivity index is 0.00000144. The molecule has 1 aliphatic carbocycles. The molecule has 1 aliphatic heterocycles. The number of nitrogens with zero attached hydrogens (tertiary/aromatic N) is 4. The first-order valence-electron chi connectivity index (χ1n) is 8.29. The van der Waals surface area contributed by atoms with Gasteiger partial charge in [0, 0.05) is 45.0 Å². The molecule has 2 aliphatic rings. The molecular weight excluding hydrogens is 349 g/mol. The number of hydrogen-bond acceptors (Lipinski definition) is 4. The van der Waals surface area contributed by atoms with Gasteiger partial charge in [-0.3, -0.25) is 9.48 Å². The van der Waals surface area contributed by atoms with Gasteiger partial charge in [0.15, 0.2) is 0 Å². The van der Waals surface area contributed by atoms with Gasteiger partial charge in [-0.05, 0) is 19.8 Å². The van der Waals surface area contributed by atoms with Gasteiger partial charge in [-0.15, -0.1) is 24.8 Å². The molecule has 2 atom stereocenters. The van der Waals surface area contributed by atoms with Crippen molar-refractivity contribution in [2.45, 2.75) is 38.1 Å². The van der Waals surface area contributed by atoms with Crippen LogP contribution in [0.3, 0.4) is 0 Å². The largest absolute Gasteiger partial charge is 0.365 e. The van der Waals surface area contributed by atoms with Crippen molar-refractivity contribution >= 4 is 36.4 Å². The third-order valence-corrected chi connectivity index (χ3v) is 5.20. The number of aromatic nitrogens is 2. The van der Waals surface area contributed by atoms with Crippen molar-refractivity contribution in [1.82, 2.24) is 14.7 Å². The molecule has 1 saturated heterocycles. The second kappa shape index (κ2) is 8.41. The van der Waals surface area contributed by atoms with Crippen LogP contribution in [-0.2, 0) is 11.8 Å². The SMILES string of the molecule is Cl.Cl.Cn1cc(N2CCN(C(=O)C3CCCCC3(C)N)CC2)cn1. The molecular formula is C16H29Cl2N5O. The number of amides is 1. The molecule has 2 fully saturated rings. The van der Waals surface area contributed by atoms with Crippen LogP contribution in [0.5, 0.6) is 0 Å². The molecule has 2 N–H and O–H groups in total. The Labute approximate surface area is 156 Å². The summed E-state index contributed by atoms with van der Waals surface area (Å²) in [5, 5.41) is 4.22. The summed E-state index contributed by atoms with van der Waals surface area (Å²) >= 11 is 0. The molecule has 2 heterocycles. The molecule has 6 nitrogen and oxygen atoms in total. The highest BCUT2D eigenvalue weighted by molar-refractivity contribution is 5.85. The molecule has 2 unspecified atom stereocenters. The summed E-state index contributed by atoms with van der Waals surface area (Å²) in [6, 6.07) is 0. The van der Waals surface area contributed by atoms with Crippen LogP contribution in [0.25, 0.3) is 0 Å². The molecule has 1 aromatic rings. The molecule has 0 radical (unpaired) electrons. The fourth-order valence-corrected chi connectivity index (χ4v) is 3.74. The minimum Gasteiger partial charge on any atom is -0.365 e. The third kappa shape index (κ3) is 4.35. The molecule has 138 valence electrons. The molecule has 8 heteroatoms. The number of carbonyl (C=O) groups excluding carboxylic acids is 1. The monoisotopic (exact) mass is 377 g/mol. The molecule has 3 rings (SSSR count). The predicted molar refractivity (Wildman–Crippen MR) is 101 cm³/mol. The predicted octanol–water partition coefficient (Wildman–Crippen LogP) is 1.82. The Bertz CT molecular complexity index is 540. The molecule has 1 amide bonds. The smallest absolute Gasteiger partial charge is 0.227 e. The maximum absolute atomic E-state index is 12.8. The van der Waals surface area contributed by atoms with Gasteiger partial charge < -0.3 is 15.5 Å². The lowest BCUT2D eigenvalue weighted by Gasteiger charge is -2.42. The summed E-state index contributed by atoms with van der Waals surface area (Å²) in [7, 11) is 1.93. The van der Waals surface area contributed by atoms with Gasteiger partial charge in [-0.2, -0.15) is 5.10 Å². The average Bonchev–Trinajstić information content (AvgIpc) is 2.93. The van der Waals surface area contributed by atoms with E-state index in [9.17, 15) is 4.79 Å². The van der Waals surface area contributed by atoms with Crippen LogP contribution in [0, 0.1) is 5.92 Å². The summed E-state index contributed by atoms with van der Waals surface area (Å²) in [4.78, 5) is 17.1. The number of nitrogens with two attached hydrogens (primary N) is 1. The number of rotatable bonds is 2. The fraction of sp³-hybridized carbons (Fsp3) is 0.750. The van der Waals surface area contributed by atoms with Crippen LogP contribution in [0.15, 0.2) is 12.4 Å². The van der Waals surface area contributed by atoms with Gasteiger partial charge in [-0.1, -0.05) is 12.8 Å². The highest BCUT2D eigenvalue weighted by Crippen LogP contribution is 2.33. The summed E-state index contributed by atoms with van der Waals surface area (Å²) in [6.45, 7) is 5.33. The molecule has 1 aromatic heterocycles. The van der Waals surface area contributed by atoms with E-state index in [0.29, 0.717) is 0 Å². The van der Waals surface area contributed by atoms with Crippen molar-refractivity contribution < 1.29 is 4.79 Å². The Morgan fingerprint density at radius 3 is 2.46 bits per heavy atom. The highest BCUT2D eigenvalue weighted by atomic mass is 35.5. The zero-order chi connectivity index (χ0) is 15.7. The van der Waals surface area contributed by atoms with E-state index in [1.54, 1.807) is 0 Å². The lowest BCUT2D eigenvalue weighted by atomic mass is 9.74. The molecule has 1 saturated carbocycles. The zero-order valence-electron chi connectivity index (χ0n) is 14.5. The van der Waals surface area contributed by atoms with Crippen LogP contribution >= 0.6 is 24.8 Å². The van der Waals surface area contributed by atoms with Crippen molar-refractivity contribution in [1.29, 1.82) is 0 Å². The van der Waals surface area contributed by atoms with E-state index in [1.807, 2.05) is 35.9 Å². The third-order valence-electron chi connectivity index (χ3n) is 5.20. The van der Waals surface area contributed by atoms with Crippen molar-refractivity contribution in [3.05, 3.63) is 12.4 Å². The first-order chi connectivity index (χ1) is 10.5. The van der Waals surface area contributed by atoms with Crippen molar-refractivity contribution in [2.24, 2.45) is 18.7 Å². The minimum atomic E-state index is -0.337. The van der Waals surface area contributed by atoms with E-state index in [4.69, 9.17) is 5.73 Å². The van der Waals surface area contributed by atoms with Crippen molar-refractivity contribution in [3.8, 4) is 0 Å². The van der Waals surface area contributed by atoms with Crippen LogP contribution < -0.4 is 10.6 Å². The second-order valence-electron chi connectivity index (χ2n) is 6.99. The Morgan fingerprint density at radius 2 is 1.92 bits per heavy atom. The lowest BCUT2D eigenvalue weighted by Crippen LogP contribution is -2.57. The van der Waals surface area contributed by atoms with E-state index < -0.39 is 0 Å². The Hall–Kier alpha value is -0.980. The van der Waals surface area contributed by atoms with E-state index in [1.165, 1.54) is 0 Å². The maximum atomic E-state index is 12.8. The molecule has 24 heavy (non-hydrogen) atoms. The van der Waals surface area contributed by atoms with E-state index in [-0.39, 0.29) is 42.2 Å². The maximum Gasteiger partial charge on any atom is 0.227 e. The van der Waals surface area contributed by atoms with Crippen LogP contribution in [0.4, 0.5) is 5.69 Å². The molecule has 0 aromatic carbocycles. The van der Waals surface area contributed by atoms with Gasteiger partial charge in [0.25, 0.3) is 0 Å². The van der Waals surface area contributed by atoms with Gasteiger partial charge in [-0.25, -0.2) is 0 Å². The number of halogens is 2. The van der Waals surface area contributed by atoms with Gasteiger partial charge in [0.1, 0.15) is 0 Å². The summed E-state index contributed by atoms with van der Waals surface area (Å²) in [5.41, 5.74) is 7.18. The van der Waals surface area contributed by atoms with Gasteiger partial charge in [0.2, 0.25) is 5.91 Å². The summed E-state index contributed by atoms with van der Waals surface area (Å²) < 4.78 is 1.81. The Morgan fingerprint density at radius 1 is 1.25 bits per heavy atom. The first-order valence-corrected chi connectivity index (χ1v) is 8.29. The first kappa shape index (κ1) is 21.1. The van der Waals surface area contributed by atoms with Crippen molar-refractivity contribution in [3.63, 3.8) is 0 Å². The molecule has 0 spiro atoms. The second-order valence-corrected chi connectivity index (χ2v) is 6.99. The van der Waals surface area contributed by atoms with E-state index in [2.05, 4.69) is 10.00 Å². The Kier molecular flexibility index (Phi) is 7.38. The summed E-state index contributed by atoms with van der Waals surface area (Å²) in [5.74, 6) is 0.252. The van der Waals surface area contributed by atoms with Crippen molar-refractivity contribution in [2.75, 3.05) is 31.1 Å². The normalized spacial score (nSPS) is 27.2. The number of hydrogen-bond donors (Lipinski definition) is 1. The van der Waals surface area contributed by atoms with Gasteiger partial charge in [0.05, 0.1) is 17.8 Å². The van der Waals surface area contributed by atoms with Gasteiger partial charge >= 0.3 is 0 Å². The number of aryl methyl sites for hydroxylation is 1. The quantitative estimate of drug-likeness (QED) is 0.853. The van der Waals surface area contributed by atoms with Crippen LogP contribution in [0.1, 0.15) is 32.6 Å². The molecule has 0 bridgehead atoms. The number of piperazine rings is 1. The number of anilines is 1. The fourth-order valence-electron chi connectivity index (χ4n) is 3.74. The highest BCUT2D eigenvalue weighted by Gasteiger charge is 2.40. The lowest BCUT2D eigenvalue weighted by molar-refractivity contribution is -0.139. The van der Waals surface area contributed by atoms with Crippen LogP contribution in [-0.4, -0.2) is 52.3 Å². The van der Waals surface area contributed by atoms with E-state index in [0.717, 1.165) is 57.5 Å². The minimum absolute atomic E-state index is 0. The van der Waals surface area contributed by atoms with Crippen LogP contribution in [0.2, 0.25) is 0 Å². The zero-order valence-corrected chi connectivity index (χ0v) is 16.1.